The summed E-state index contributed by atoms with van der Waals surface area (Å²) >= 11 is 0. The molecule has 0 saturated carbocycles. The molecule has 0 heterocycles. The molecule has 0 aliphatic heterocycles. The maximum Gasteiger partial charge on any atom is 0.119 e. The lowest BCUT2D eigenvalue weighted by Gasteiger charge is -2.20. The standard InChI is InChI=1S/C15H22O3/c1-4-10-17-12-15(16-3)11-13(2)18-14-8-6-5-7-9-14/h4-9,13,15H,1,10-12H2,2-3H3. The van der Waals surface area contributed by atoms with Gasteiger partial charge in [-0.25, -0.2) is 0 Å². The molecule has 0 aromatic heterocycles. The van der Waals surface area contributed by atoms with Crippen molar-refractivity contribution in [2.24, 2.45) is 0 Å². The van der Waals surface area contributed by atoms with Crippen LogP contribution in [0.25, 0.3) is 0 Å². The van der Waals surface area contributed by atoms with Crippen molar-refractivity contribution in [1.82, 2.24) is 0 Å². The van der Waals surface area contributed by atoms with E-state index in [2.05, 4.69) is 6.58 Å². The minimum atomic E-state index is 0.0451. The van der Waals surface area contributed by atoms with Crippen LogP contribution < -0.4 is 4.74 Å². The third-order valence-corrected chi connectivity index (χ3v) is 2.55. The highest BCUT2D eigenvalue weighted by atomic mass is 16.5. The Labute approximate surface area is 109 Å². The highest BCUT2D eigenvalue weighted by Gasteiger charge is 2.13. The van der Waals surface area contributed by atoms with Crippen molar-refractivity contribution in [3.63, 3.8) is 0 Å². The minimum Gasteiger partial charge on any atom is -0.491 e. The zero-order valence-corrected chi connectivity index (χ0v) is 11.2. The molecule has 1 rings (SSSR count). The maximum absolute atomic E-state index is 5.80. The lowest BCUT2D eigenvalue weighted by molar-refractivity contribution is -0.00456. The normalized spacial score (nSPS) is 13.9. The van der Waals surface area contributed by atoms with Crippen molar-refractivity contribution < 1.29 is 14.2 Å². The summed E-state index contributed by atoms with van der Waals surface area (Å²) in [6.07, 6.45) is 2.66. The average molecular weight is 250 g/mol. The Hall–Kier alpha value is -1.32. The van der Waals surface area contributed by atoms with Gasteiger partial charge in [-0.15, -0.1) is 6.58 Å². The van der Waals surface area contributed by atoms with Crippen molar-refractivity contribution in [3.05, 3.63) is 43.0 Å². The molecule has 1 aromatic carbocycles. The predicted molar refractivity (Wildman–Crippen MR) is 73.0 cm³/mol. The molecule has 0 fully saturated rings. The van der Waals surface area contributed by atoms with Gasteiger partial charge in [-0.05, 0) is 19.1 Å². The third kappa shape index (κ3) is 5.84. The number of para-hydroxylation sites is 1. The van der Waals surface area contributed by atoms with E-state index in [0.717, 1.165) is 12.2 Å². The number of hydrogen-bond acceptors (Lipinski definition) is 3. The van der Waals surface area contributed by atoms with Crippen molar-refractivity contribution >= 4 is 0 Å². The third-order valence-electron chi connectivity index (χ3n) is 2.55. The van der Waals surface area contributed by atoms with E-state index in [1.807, 2.05) is 37.3 Å². The summed E-state index contributed by atoms with van der Waals surface area (Å²) in [7, 11) is 1.69. The number of ether oxygens (including phenoxy) is 3. The van der Waals surface area contributed by atoms with Crippen LogP contribution in [0.3, 0.4) is 0 Å². The van der Waals surface area contributed by atoms with Gasteiger partial charge < -0.3 is 14.2 Å². The summed E-state index contributed by atoms with van der Waals surface area (Å²) in [6.45, 7) is 6.75. The van der Waals surface area contributed by atoms with Gasteiger partial charge in [0.25, 0.3) is 0 Å². The van der Waals surface area contributed by atoms with E-state index in [-0.39, 0.29) is 12.2 Å². The van der Waals surface area contributed by atoms with Crippen LogP contribution in [-0.2, 0) is 9.47 Å². The largest absolute Gasteiger partial charge is 0.491 e. The van der Waals surface area contributed by atoms with Gasteiger partial charge in [0.05, 0.1) is 25.4 Å². The van der Waals surface area contributed by atoms with Crippen LogP contribution in [0.1, 0.15) is 13.3 Å². The molecule has 2 unspecified atom stereocenters. The molecule has 0 bridgehead atoms. The lowest BCUT2D eigenvalue weighted by atomic mass is 10.2. The molecule has 0 amide bonds. The molecule has 3 heteroatoms. The Bertz CT molecular complexity index is 324. The van der Waals surface area contributed by atoms with E-state index in [9.17, 15) is 0 Å². The fourth-order valence-electron chi connectivity index (χ4n) is 1.66. The monoisotopic (exact) mass is 250 g/mol. The summed E-state index contributed by atoms with van der Waals surface area (Å²) < 4.78 is 16.6. The SMILES string of the molecule is C=CCOCC(CC(C)Oc1ccccc1)OC. The molecular formula is C15H22O3. The van der Waals surface area contributed by atoms with Crippen LogP contribution in [0.4, 0.5) is 0 Å². The summed E-state index contributed by atoms with van der Waals surface area (Å²) in [5.41, 5.74) is 0. The van der Waals surface area contributed by atoms with E-state index < -0.39 is 0 Å². The molecule has 1 aromatic rings. The van der Waals surface area contributed by atoms with Crippen molar-refractivity contribution in [2.75, 3.05) is 20.3 Å². The fourth-order valence-corrected chi connectivity index (χ4v) is 1.66. The second-order valence-electron chi connectivity index (χ2n) is 4.16. The van der Waals surface area contributed by atoms with Crippen molar-refractivity contribution in [2.45, 2.75) is 25.6 Å². The van der Waals surface area contributed by atoms with Gasteiger partial charge in [-0.2, -0.15) is 0 Å². The van der Waals surface area contributed by atoms with E-state index in [1.54, 1.807) is 13.2 Å². The number of hydrogen-bond donors (Lipinski definition) is 0. The molecular weight excluding hydrogens is 228 g/mol. The van der Waals surface area contributed by atoms with E-state index in [1.165, 1.54) is 0 Å². The van der Waals surface area contributed by atoms with Crippen LogP contribution in [0, 0.1) is 0 Å². The smallest absolute Gasteiger partial charge is 0.119 e. The van der Waals surface area contributed by atoms with E-state index >= 15 is 0 Å². The lowest BCUT2D eigenvalue weighted by Crippen LogP contribution is -2.26. The Kier molecular flexibility index (Phi) is 7.14. The van der Waals surface area contributed by atoms with Crippen molar-refractivity contribution in [3.8, 4) is 5.75 Å². The van der Waals surface area contributed by atoms with Gasteiger partial charge >= 0.3 is 0 Å². The second-order valence-corrected chi connectivity index (χ2v) is 4.16. The van der Waals surface area contributed by atoms with Crippen LogP contribution in [-0.4, -0.2) is 32.5 Å². The first-order chi connectivity index (χ1) is 8.76. The molecule has 0 aliphatic rings. The highest BCUT2D eigenvalue weighted by molar-refractivity contribution is 5.21. The van der Waals surface area contributed by atoms with Crippen LogP contribution in [0.5, 0.6) is 5.75 Å². The Morgan fingerprint density at radius 2 is 2.00 bits per heavy atom. The van der Waals surface area contributed by atoms with Crippen LogP contribution in [0.15, 0.2) is 43.0 Å². The molecule has 18 heavy (non-hydrogen) atoms. The van der Waals surface area contributed by atoms with Gasteiger partial charge in [0, 0.05) is 13.5 Å². The van der Waals surface area contributed by atoms with E-state index in [4.69, 9.17) is 14.2 Å². The molecule has 0 aliphatic carbocycles. The average Bonchev–Trinajstić information content (AvgIpc) is 2.39. The Morgan fingerprint density at radius 3 is 2.61 bits per heavy atom. The Balaban J connectivity index is 2.32. The quantitative estimate of drug-likeness (QED) is 0.498. The molecule has 2 atom stereocenters. The summed E-state index contributed by atoms with van der Waals surface area (Å²) in [4.78, 5) is 0. The van der Waals surface area contributed by atoms with Gasteiger partial charge in [0.1, 0.15) is 5.75 Å². The summed E-state index contributed by atoms with van der Waals surface area (Å²) in [6, 6.07) is 9.80. The van der Waals surface area contributed by atoms with E-state index in [0.29, 0.717) is 13.2 Å². The number of methoxy groups -OCH3 is 1. The molecule has 100 valence electrons. The first-order valence-corrected chi connectivity index (χ1v) is 6.19. The molecule has 0 saturated heterocycles. The van der Waals surface area contributed by atoms with Gasteiger partial charge in [-0.1, -0.05) is 24.3 Å². The topological polar surface area (TPSA) is 27.7 Å². The number of rotatable bonds is 9. The molecule has 0 spiro atoms. The van der Waals surface area contributed by atoms with Gasteiger partial charge in [0.2, 0.25) is 0 Å². The Morgan fingerprint density at radius 1 is 1.28 bits per heavy atom. The zero-order valence-electron chi connectivity index (χ0n) is 11.2. The predicted octanol–water partition coefficient (Wildman–Crippen LogP) is 3.06. The van der Waals surface area contributed by atoms with Gasteiger partial charge in [-0.3, -0.25) is 0 Å². The van der Waals surface area contributed by atoms with Crippen LogP contribution in [0.2, 0.25) is 0 Å². The minimum absolute atomic E-state index is 0.0451. The summed E-state index contributed by atoms with van der Waals surface area (Å²) in [5.74, 6) is 0.881. The summed E-state index contributed by atoms with van der Waals surface area (Å²) in [5, 5.41) is 0. The fraction of sp³-hybridized carbons (Fsp3) is 0.467. The molecule has 3 nitrogen and oxygen atoms in total. The molecule has 0 radical (unpaired) electrons. The highest BCUT2D eigenvalue weighted by Crippen LogP contribution is 2.14. The molecule has 0 N–H and O–H groups in total. The first kappa shape index (κ1) is 14.7. The van der Waals surface area contributed by atoms with Crippen LogP contribution >= 0.6 is 0 Å². The first-order valence-electron chi connectivity index (χ1n) is 6.19. The second kappa shape index (κ2) is 8.72. The van der Waals surface area contributed by atoms with Gasteiger partial charge in [0.15, 0.2) is 0 Å². The zero-order chi connectivity index (χ0) is 13.2. The number of benzene rings is 1. The van der Waals surface area contributed by atoms with Crippen molar-refractivity contribution in [1.29, 1.82) is 0 Å². The maximum atomic E-state index is 5.80.